The number of carbonyl (C=O) groups excluding carboxylic acids is 1. The number of ether oxygens (including phenoxy) is 1. The Kier molecular flexibility index (Phi) is 7.19. The van der Waals surface area contributed by atoms with Gasteiger partial charge in [-0.15, -0.1) is 0 Å². The van der Waals surface area contributed by atoms with E-state index >= 15 is 0 Å². The fraction of sp³-hybridized carbons (Fsp3) is 0.421. The Morgan fingerprint density at radius 3 is 2.76 bits per heavy atom. The SMILES string of the molecule is CCCCNc1nc(C)cc(C(=O)NCCc2ccccc2OC)n1. The molecule has 0 fully saturated rings. The third-order valence-corrected chi connectivity index (χ3v) is 3.77. The van der Waals surface area contributed by atoms with Crippen LogP contribution in [0, 0.1) is 6.92 Å². The summed E-state index contributed by atoms with van der Waals surface area (Å²) in [6, 6.07) is 9.50. The van der Waals surface area contributed by atoms with Crippen molar-refractivity contribution in [3.63, 3.8) is 0 Å². The Hall–Kier alpha value is -2.63. The molecule has 0 aliphatic heterocycles. The summed E-state index contributed by atoms with van der Waals surface area (Å²) in [6.45, 7) is 5.30. The average molecular weight is 342 g/mol. The smallest absolute Gasteiger partial charge is 0.270 e. The van der Waals surface area contributed by atoms with Crippen LogP contribution in [-0.2, 0) is 6.42 Å². The van der Waals surface area contributed by atoms with Crippen LogP contribution in [0.25, 0.3) is 0 Å². The van der Waals surface area contributed by atoms with Crippen molar-refractivity contribution in [3.05, 3.63) is 47.3 Å². The number of hydrogen-bond donors (Lipinski definition) is 2. The molecule has 1 amide bonds. The van der Waals surface area contributed by atoms with Gasteiger partial charge in [-0.3, -0.25) is 4.79 Å². The van der Waals surface area contributed by atoms with Gasteiger partial charge in [-0.05, 0) is 37.5 Å². The number of anilines is 1. The standard InChI is InChI=1S/C19H26N4O2/c1-4-5-11-21-19-22-14(2)13-16(23-19)18(24)20-12-10-15-8-6-7-9-17(15)25-3/h6-9,13H,4-5,10-12H2,1-3H3,(H,20,24)(H,21,22,23). The fourth-order valence-electron chi connectivity index (χ4n) is 2.45. The van der Waals surface area contributed by atoms with Crippen molar-refractivity contribution in [1.82, 2.24) is 15.3 Å². The van der Waals surface area contributed by atoms with Crippen molar-refractivity contribution in [2.24, 2.45) is 0 Å². The number of benzene rings is 1. The lowest BCUT2D eigenvalue weighted by atomic mass is 10.1. The van der Waals surface area contributed by atoms with Gasteiger partial charge in [0.05, 0.1) is 7.11 Å². The van der Waals surface area contributed by atoms with E-state index in [1.165, 1.54) is 0 Å². The molecule has 2 N–H and O–H groups in total. The molecule has 2 aromatic rings. The second kappa shape index (κ2) is 9.61. The monoisotopic (exact) mass is 342 g/mol. The summed E-state index contributed by atoms with van der Waals surface area (Å²) in [7, 11) is 1.65. The van der Waals surface area contributed by atoms with Crippen molar-refractivity contribution < 1.29 is 9.53 Å². The van der Waals surface area contributed by atoms with Crippen molar-refractivity contribution in [1.29, 1.82) is 0 Å². The van der Waals surface area contributed by atoms with E-state index in [2.05, 4.69) is 27.5 Å². The van der Waals surface area contributed by atoms with Gasteiger partial charge in [0.25, 0.3) is 5.91 Å². The number of unbranched alkanes of at least 4 members (excludes halogenated alkanes) is 1. The number of nitrogens with zero attached hydrogens (tertiary/aromatic N) is 2. The largest absolute Gasteiger partial charge is 0.496 e. The van der Waals surface area contributed by atoms with Gasteiger partial charge >= 0.3 is 0 Å². The second-order valence-corrected chi connectivity index (χ2v) is 5.82. The zero-order chi connectivity index (χ0) is 18.1. The Morgan fingerprint density at radius 2 is 2.00 bits per heavy atom. The van der Waals surface area contributed by atoms with E-state index in [0.29, 0.717) is 24.6 Å². The van der Waals surface area contributed by atoms with Gasteiger partial charge in [0.1, 0.15) is 11.4 Å². The summed E-state index contributed by atoms with van der Waals surface area (Å²) in [4.78, 5) is 21.0. The molecule has 25 heavy (non-hydrogen) atoms. The number of aromatic nitrogens is 2. The van der Waals surface area contributed by atoms with Gasteiger partial charge in [-0.25, -0.2) is 9.97 Å². The molecule has 1 heterocycles. The first kappa shape index (κ1) is 18.7. The lowest BCUT2D eigenvalue weighted by Crippen LogP contribution is -2.27. The highest BCUT2D eigenvalue weighted by atomic mass is 16.5. The Labute approximate surface area is 149 Å². The summed E-state index contributed by atoms with van der Waals surface area (Å²) in [6.07, 6.45) is 2.83. The topological polar surface area (TPSA) is 76.1 Å². The van der Waals surface area contributed by atoms with Crippen molar-refractivity contribution in [2.75, 3.05) is 25.5 Å². The van der Waals surface area contributed by atoms with Crippen LogP contribution in [0.4, 0.5) is 5.95 Å². The summed E-state index contributed by atoms with van der Waals surface area (Å²) in [5.41, 5.74) is 2.21. The van der Waals surface area contributed by atoms with Crippen LogP contribution in [0.1, 0.15) is 41.5 Å². The predicted octanol–water partition coefficient (Wildman–Crippen LogP) is 2.98. The minimum absolute atomic E-state index is 0.195. The highest BCUT2D eigenvalue weighted by Crippen LogP contribution is 2.17. The van der Waals surface area contributed by atoms with Gasteiger partial charge in [0, 0.05) is 18.8 Å². The molecule has 0 saturated carbocycles. The third-order valence-electron chi connectivity index (χ3n) is 3.77. The molecule has 0 aliphatic carbocycles. The zero-order valence-electron chi connectivity index (χ0n) is 15.1. The number of nitrogens with one attached hydrogen (secondary N) is 2. The van der Waals surface area contributed by atoms with Crippen LogP contribution in [0.5, 0.6) is 5.75 Å². The molecule has 2 rings (SSSR count). The quantitative estimate of drug-likeness (QED) is 0.685. The maximum absolute atomic E-state index is 12.4. The molecule has 6 nitrogen and oxygen atoms in total. The van der Waals surface area contributed by atoms with E-state index in [4.69, 9.17) is 4.74 Å². The summed E-state index contributed by atoms with van der Waals surface area (Å²) >= 11 is 0. The average Bonchev–Trinajstić information content (AvgIpc) is 2.62. The number of rotatable bonds is 9. The van der Waals surface area contributed by atoms with Crippen molar-refractivity contribution in [2.45, 2.75) is 33.1 Å². The minimum atomic E-state index is -0.195. The van der Waals surface area contributed by atoms with Crippen molar-refractivity contribution in [3.8, 4) is 5.75 Å². The number of amides is 1. The molecule has 1 aromatic heterocycles. The van der Waals surface area contributed by atoms with E-state index in [1.807, 2.05) is 31.2 Å². The number of para-hydroxylation sites is 1. The molecule has 1 aromatic carbocycles. The van der Waals surface area contributed by atoms with Gasteiger partial charge < -0.3 is 15.4 Å². The van der Waals surface area contributed by atoms with Gasteiger partial charge in [0.2, 0.25) is 5.95 Å². The molecule has 0 bridgehead atoms. The molecule has 134 valence electrons. The first-order valence-corrected chi connectivity index (χ1v) is 8.63. The van der Waals surface area contributed by atoms with Crippen LogP contribution < -0.4 is 15.4 Å². The number of methoxy groups -OCH3 is 1. The maximum atomic E-state index is 12.4. The first-order chi connectivity index (χ1) is 12.1. The van der Waals surface area contributed by atoms with Crippen LogP contribution in [0.2, 0.25) is 0 Å². The molecular weight excluding hydrogens is 316 g/mol. The molecular formula is C19H26N4O2. The molecule has 0 radical (unpaired) electrons. The molecule has 0 saturated heterocycles. The lowest BCUT2D eigenvalue weighted by molar-refractivity contribution is 0.0949. The molecule has 0 spiro atoms. The van der Waals surface area contributed by atoms with Crippen molar-refractivity contribution >= 4 is 11.9 Å². The predicted molar refractivity (Wildman–Crippen MR) is 99.2 cm³/mol. The minimum Gasteiger partial charge on any atom is -0.496 e. The maximum Gasteiger partial charge on any atom is 0.270 e. The van der Waals surface area contributed by atoms with E-state index < -0.39 is 0 Å². The molecule has 0 atom stereocenters. The first-order valence-electron chi connectivity index (χ1n) is 8.63. The highest BCUT2D eigenvalue weighted by Gasteiger charge is 2.10. The number of aryl methyl sites for hydroxylation is 1. The van der Waals surface area contributed by atoms with Gasteiger partial charge in [0.15, 0.2) is 0 Å². The number of carbonyl (C=O) groups is 1. The van der Waals surface area contributed by atoms with E-state index in [9.17, 15) is 4.79 Å². The molecule has 0 aliphatic rings. The summed E-state index contributed by atoms with van der Waals surface area (Å²) in [5, 5.41) is 6.07. The van der Waals surface area contributed by atoms with Crippen LogP contribution in [-0.4, -0.2) is 36.1 Å². The van der Waals surface area contributed by atoms with Crippen LogP contribution >= 0.6 is 0 Å². The van der Waals surface area contributed by atoms with Crippen LogP contribution in [0.15, 0.2) is 30.3 Å². The van der Waals surface area contributed by atoms with Crippen LogP contribution in [0.3, 0.4) is 0 Å². The van der Waals surface area contributed by atoms with Gasteiger partial charge in [-0.1, -0.05) is 31.5 Å². The fourth-order valence-corrected chi connectivity index (χ4v) is 2.45. The van der Waals surface area contributed by atoms with E-state index in [-0.39, 0.29) is 5.91 Å². The Bertz CT molecular complexity index is 704. The van der Waals surface area contributed by atoms with Gasteiger partial charge in [-0.2, -0.15) is 0 Å². The summed E-state index contributed by atoms with van der Waals surface area (Å²) in [5.74, 6) is 1.14. The third kappa shape index (κ3) is 5.74. The lowest BCUT2D eigenvalue weighted by Gasteiger charge is -2.10. The highest BCUT2D eigenvalue weighted by molar-refractivity contribution is 5.92. The van der Waals surface area contributed by atoms with E-state index in [0.717, 1.165) is 36.4 Å². The Balaban J connectivity index is 1.93. The second-order valence-electron chi connectivity index (χ2n) is 5.82. The molecule has 6 heteroatoms. The number of hydrogen-bond acceptors (Lipinski definition) is 5. The summed E-state index contributed by atoms with van der Waals surface area (Å²) < 4.78 is 5.32. The van der Waals surface area contributed by atoms with E-state index in [1.54, 1.807) is 13.2 Å². The normalized spacial score (nSPS) is 10.4. The molecule has 0 unspecified atom stereocenters. The zero-order valence-corrected chi connectivity index (χ0v) is 15.1. The Morgan fingerprint density at radius 1 is 1.20 bits per heavy atom.